The van der Waals surface area contributed by atoms with Crippen LogP contribution in [0.4, 0.5) is 8.78 Å². The summed E-state index contributed by atoms with van der Waals surface area (Å²) in [5, 5.41) is 0.688. The fourth-order valence-corrected chi connectivity index (χ4v) is 4.72. The van der Waals surface area contributed by atoms with Gasteiger partial charge in [0.1, 0.15) is 11.7 Å². The predicted molar refractivity (Wildman–Crippen MR) is 133 cm³/mol. The molecule has 2 amide bonds. The van der Waals surface area contributed by atoms with E-state index in [1.54, 1.807) is 31.0 Å². The zero-order valence-electron chi connectivity index (χ0n) is 20.9. The Morgan fingerprint density at radius 2 is 1.89 bits per heavy atom. The standard InChI is InChI=1S/C27H26F2N4O5/c1-15(2)38-27(36)19-14-33(25(34)16-5-6-20(28)21(29)12-16)22(26(35)32-8-10-37-11-9-32)13-18-17-4-3-7-30-24(17)31-23(18)19/h3-7,12,14-15,22H,8-11,13H2,1-2H3,(H,30,31). The number of esters is 1. The average molecular weight is 525 g/mol. The first-order valence-electron chi connectivity index (χ1n) is 12.3. The van der Waals surface area contributed by atoms with Gasteiger partial charge in [0.05, 0.1) is 30.6 Å². The van der Waals surface area contributed by atoms with Crippen LogP contribution >= 0.6 is 0 Å². The molecular formula is C27H26F2N4O5. The van der Waals surface area contributed by atoms with Crippen LogP contribution in [0.25, 0.3) is 16.6 Å². The topological polar surface area (TPSA) is 105 Å². The molecular weight excluding hydrogens is 498 g/mol. The van der Waals surface area contributed by atoms with Crippen LogP contribution in [0, 0.1) is 11.6 Å². The van der Waals surface area contributed by atoms with Crippen LogP contribution < -0.4 is 0 Å². The molecule has 1 N–H and O–H groups in total. The van der Waals surface area contributed by atoms with E-state index in [2.05, 4.69) is 9.97 Å². The van der Waals surface area contributed by atoms with Crippen molar-refractivity contribution in [1.82, 2.24) is 19.8 Å². The summed E-state index contributed by atoms with van der Waals surface area (Å²) in [5.74, 6) is -4.15. The van der Waals surface area contributed by atoms with Gasteiger partial charge >= 0.3 is 5.97 Å². The number of carbonyl (C=O) groups is 3. The molecule has 0 radical (unpaired) electrons. The average Bonchev–Trinajstić information content (AvgIpc) is 3.17. The van der Waals surface area contributed by atoms with E-state index < -0.39 is 35.7 Å². The van der Waals surface area contributed by atoms with E-state index in [0.29, 0.717) is 48.6 Å². The number of nitrogens with zero attached hydrogens (tertiary/aromatic N) is 3. The van der Waals surface area contributed by atoms with Gasteiger partial charge in [0.15, 0.2) is 11.6 Å². The molecule has 11 heteroatoms. The van der Waals surface area contributed by atoms with E-state index in [0.717, 1.165) is 23.1 Å². The van der Waals surface area contributed by atoms with Gasteiger partial charge in [-0.05, 0) is 49.7 Å². The largest absolute Gasteiger partial charge is 0.459 e. The van der Waals surface area contributed by atoms with Crippen molar-refractivity contribution in [2.75, 3.05) is 26.3 Å². The molecule has 1 aromatic carbocycles. The van der Waals surface area contributed by atoms with Gasteiger partial charge in [-0.15, -0.1) is 0 Å². The van der Waals surface area contributed by atoms with Crippen molar-refractivity contribution < 1.29 is 32.6 Å². The monoisotopic (exact) mass is 524 g/mol. The fourth-order valence-electron chi connectivity index (χ4n) is 4.72. The number of amides is 2. The molecule has 198 valence electrons. The van der Waals surface area contributed by atoms with E-state index in [-0.39, 0.29) is 23.5 Å². The van der Waals surface area contributed by atoms with Crippen LogP contribution in [0.15, 0.2) is 42.7 Å². The maximum absolute atomic E-state index is 14.1. The maximum atomic E-state index is 14.1. The highest BCUT2D eigenvalue weighted by Gasteiger charge is 2.39. The van der Waals surface area contributed by atoms with Crippen molar-refractivity contribution in [3.8, 4) is 0 Å². The summed E-state index contributed by atoms with van der Waals surface area (Å²) in [5.41, 5.74) is 1.35. The maximum Gasteiger partial charge on any atom is 0.342 e. The van der Waals surface area contributed by atoms with Crippen LogP contribution in [0.1, 0.15) is 35.5 Å². The summed E-state index contributed by atoms with van der Waals surface area (Å²) in [6.07, 6.45) is 2.45. The molecule has 4 heterocycles. The van der Waals surface area contributed by atoms with Gasteiger partial charge < -0.3 is 24.3 Å². The molecule has 38 heavy (non-hydrogen) atoms. The number of aromatic amines is 1. The first-order chi connectivity index (χ1) is 18.2. The first kappa shape index (κ1) is 25.5. The SMILES string of the molecule is CC(C)OC(=O)C1=CN(C(=O)c2ccc(F)c(F)c2)C(C(=O)N2CCOCC2)Cc2c1[nH]c1ncccc21. The number of halogens is 2. The highest BCUT2D eigenvalue weighted by molar-refractivity contribution is 6.18. The fraction of sp³-hybridized carbons (Fsp3) is 0.333. The van der Waals surface area contributed by atoms with Crippen LogP contribution in [0.3, 0.4) is 0 Å². The van der Waals surface area contributed by atoms with E-state index in [1.807, 2.05) is 6.07 Å². The summed E-state index contributed by atoms with van der Waals surface area (Å²) in [6, 6.07) is 5.22. The number of hydrogen-bond donors (Lipinski definition) is 1. The number of fused-ring (bicyclic) bond motifs is 3. The minimum Gasteiger partial charge on any atom is -0.459 e. The van der Waals surface area contributed by atoms with E-state index in [9.17, 15) is 23.2 Å². The summed E-state index contributed by atoms with van der Waals surface area (Å²) >= 11 is 0. The molecule has 0 spiro atoms. The molecule has 0 saturated carbocycles. The molecule has 5 rings (SSSR count). The van der Waals surface area contributed by atoms with Crippen LogP contribution in [-0.2, 0) is 25.5 Å². The van der Waals surface area contributed by atoms with Crippen molar-refractivity contribution in [1.29, 1.82) is 0 Å². The molecule has 9 nitrogen and oxygen atoms in total. The van der Waals surface area contributed by atoms with Crippen molar-refractivity contribution >= 4 is 34.4 Å². The Bertz CT molecular complexity index is 1440. The Morgan fingerprint density at radius 1 is 1.13 bits per heavy atom. The molecule has 2 aliphatic heterocycles. The van der Waals surface area contributed by atoms with Crippen molar-refractivity contribution in [2.45, 2.75) is 32.4 Å². The van der Waals surface area contributed by atoms with E-state index >= 15 is 0 Å². The Hall–Kier alpha value is -4.12. The number of hydrogen-bond acceptors (Lipinski definition) is 6. The van der Waals surface area contributed by atoms with Gasteiger partial charge in [-0.25, -0.2) is 18.6 Å². The van der Waals surface area contributed by atoms with Crippen LogP contribution in [0.2, 0.25) is 0 Å². The summed E-state index contributed by atoms with van der Waals surface area (Å²) in [7, 11) is 0. The Balaban J connectivity index is 1.68. The second-order valence-corrected chi connectivity index (χ2v) is 9.37. The number of morpholine rings is 1. The van der Waals surface area contributed by atoms with Crippen molar-refractivity contribution in [2.24, 2.45) is 0 Å². The molecule has 2 aromatic heterocycles. The molecule has 2 aliphatic rings. The Morgan fingerprint density at radius 3 is 2.61 bits per heavy atom. The third kappa shape index (κ3) is 4.76. The smallest absolute Gasteiger partial charge is 0.342 e. The first-order valence-corrected chi connectivity index (χ1v) is 12.3. The van der Waals surface area contributed by atoms with E-state index in [4.69, 9.17) is 9.47 Å². The van der Waals surface area contributed by atoms with Gasteiger partial charge in [-0.1, -0.05) is 0 Å². The second kappa shape index (κ2) is 10.3. The minimum atomic E-state index is -1.20. The number of benzene rings is 1. The molecule has 1 unspecified atom stereocenters. The lowest BCUT2D eigenvalue weighted by atomic mass is 10.00. The molecule has 1 saturated heterocycles. The lowest BCUT2D eigenvalue weighted by Crippen LogP contribution is -2.52. The van der Waals surface area contributed by atoms with Gasteiger partial charge in [0, 0.05) is 42.9 Å². The lowest BCUT2D eigenvalue weighted by molar-refractivity contribution is -0.141. The molecule has 3 aromatic rings. The Kier molecular flexibility index (Phi) is 6.94. The van der Waals surface area contributed by atoms with Crippen molar-refractivity contribution in [3.63, 3.8) is 0 Å². The zero-order valence-corrected chi connectivity index (χ0v) is 20.9. The lowest BCUT2D eigenvalue weighted by Gasteiger charge is -2.34. The summed E-state index contributed by atoms with van der Waals surface area (Å²) < 4.78 is 38.6. The highest BCUT2D eigenvalue weighted by atomic mass is 19.2. The number of rotatable bonds is 4. The number of aromatic nitrogens is 2. The number of carbonyl (C=O) groups excluding carboxylic acids is 3. The zero-order chi connectivity index (χ0) is 27.0. The van der Waals surface area contributed by atoms with E-state index in [1.165, 1.54) is 6.20 Å². The molecule has 1 atom stereocenters. The number of ether oxygens (including phenoxy) is 2. The molecule has 1 fully saturated rings. The summed E-state index contributed by atoms with van der Waals surface area (Å²) in [6.45, 7) is 4.74. The van der Waals surface area contributed by atoms with Gasteiger partial charge in [-0.3, -0.25) is 9.59 Å². The minimum absolute atomic E-state index is 0.0138. The number of nitrogens with one attached hydrogen (secondary N) is 1. The normalized spacial score (nSPS) is 17.7. The van der Waals surface area contributed by atoms with Gasteiger partial charge in [0.2, 0.25) is 5.91 Å². The predicted octanol–water partition coefficient (Wildman–Crippen LogP) is 3.06. The quantitative estimate of drug-likeness (QED) is 0.526. The van der Waals surface area contributed by atoms with Crippen LogP contribution in [0.5, 0.6) is 0 Å². The van der Waals surface area contributed by atoms with Gasteiger partial charge in [-0.2, -0.15) is 0 Å². The van der Waals surface area contributed by atoms with Crippen molar-refractivity contribution in [3.05, 3.63) is 71.2 Å². The number of H-pyrrole nitrogens is 1. The highest BCUT2D eigenvalue weighted by Crippen LogP contribution is 2.34. The van der Waals surface area contributed by atoms with Crippen LogP contribution in [-0.4, -0.2) is 76.0 Å². The third-order valence-electron chi connectivity index (χ3n) is 6.52. The molecule has 0 aliphatic carbocycles. The Labute approximate surface area is 217 Å². The summed E-state index contributed by atoms with van der Waals surface area (Å²) in [4.78, 5) is 51.1. The second-order valence-electron chi connectivity index (χ2n) is 9.37. The molecule has 0 bridgehead atoms. The third-order valence-corrected chi connectivity index (χ3v) is 6.52. The number of pyridine rings is 1. The van der Waals surface area contributed by atoms with Gasteiger partial charge in [0.25, 0.3) is 5.91 Å².